The summed E-state index contributed by atoms with van der Waals surface area (Å²) in [6.07, 6.45) is 16.3. The van der Waals surface area contributed by atoms with E-state index in [1.807, 2.05) is 0 Å². The SMILES string of the molecule is CC(C)C(C)CCC(C)C1CCC2C3CCC4=C/C(=N/O[Si](C)(C)C)CCC4(C)C3CCC12C. The summed E-state index contributed by atoms with van der Waals surface area (Å²) >= 11 is 0. The van der Waals surface area contributed by atoms with Gasteiger partial charge in [0.25, 0.3) is 8.32 Å². The molecule has 0 heterocycles. The second kappa shape index (κ2) is 9.71. The summed E-state index contributed by atoms with van der Waals surface area (Å²) < 4.78 is 5.92. The van der Waals surface area contributed by atoms with Gasteiger partial charge in [0.15, 0.2) is 0 Å². The Labute approximate surface area is 212 Å². The fourth-order valence-electron chi connectivity index (χ4n) is 8.87. The van der Waals surface area contributed by atoms with Crippen LogP contribution >= 0.6 is 0 Å². The number of hydrogen-bond donors (Lipinski definition) is 0. The summed E-state index contributed by atoms with van der Waals surface area (Å²) in [6, 6.07) is 0. The Balaban J connectivity index is 1.46. The molecule has 0 amide bonds. The van der Waals surface area contributed by atoms with Gasteiger partial charge in [-0.25, -0.2) is 0 Å². The van der Waals surface area contributed by atoms with E-state index in [-0.39, 0.29) is 0 Å². The Morgan fingerprint density at radius 1 is 0.941 bits per heavy atom. The predicted molar refractivity (Wildman–Crippen MR) is 149 cm³/mol. The van der Waals surface area contributed by atoms with E-state index in [1.165, 1.54) is 63.5 Å². The van der Waals surface area contributed by atoms with Crippen molar-refractivity contribution in [2.24, 2.45) is 57.4 Å². The highest BCUT2D eigenvalue weighted by molar-refractivity contribution is 6.69. The van der Waals surface area contributed by atoms with Gasteiger partial charge in [-0.1, -0.05) is 60.0 Å². The second-order valence-electron chi connectivity index (χ2n) is 14.8. The topological polar surface area (TPSA) is 21.6 Å². The Kier molecular flexibility index (Phi) is 7.57. The minimum atomic E-state index is -1.61. The standard InChI is InChI=1S/C31H55NOSi/c1-21(2)22(3)10-11-23(4)27-14-15-28-26-13-12-24-20-25(32-33-34(7,8)9)16-18-30(24,5)29(26)17-19-31(27,28)6/h20-23,26-29H,10-19H2,1-9H3/b32-25+. The molecular weight excluding hydrogens is 430 g/mol. The molecule has 8 unspecified atom stereocenters. The van der Waals surface area contributed by atoms with Gasteiger partial charge < -0.3 is 4.53 Å². The second-order valence-corrected chi connectivity index (χ2v) is 19.2. The smallest absolute Gasteiger partial charge is 0.278 e. The molecule has 2 nitrogen and oxygen atoms in total. The maximum absolute atomic E-state index is 5.92. The van der Waals surface area contributed by atoms with Gasteiger partial charge >= 0.3 is 0 Å². The van der Waals surface area contributed by atoms with E-state index in [0.29, 0.717) is 10.8 Å². The molecule has 194 valence electrons. The van der Waals surface area contributed by atoms with Crippen molar-refractivity contribution < 1.29 is 4.53 Å². The van der Waals surface area contributed by atoms with Crippen molar-refractivity contribution in [3.63, 3.8) is 0 Å². The number of fused-ring (bicyclic) bond motifs is 5. The lowest BCUT2D eigenvalue weighted by Crippen LogP contribution is -2.51. The van der Waals surface area contributed by atoms with Crippen LogP contribution in [0.25, 0.3) is 0 Å². The van der Waals surface area contributed by atoms with Gasteiger partial charge in [-0.2, -0.15) is 0 Å². The largest absolute Gasteiger partial charge is 0.455 e. The van der Waals surface area contributed by atoms with Crippen molar-refractivity contribution in [1.29, 1.82) is 0 Å². The van der Waals surface area contributed by atoms with Crippen molar-refractivity contribution in [2.45, 2.75) is 125 Å². The molecule has 0 aromatic rings. The zero-order chi connectivity index (χ0) is 24.9. The Morgan fingerprint density at radius 2 is 1.68 bits per heavy atom. The molecule has 3 heteroatoms. The monoisotopic (exact) mass is 485 g/mol. The van der Waals surface area contributed by atoms with Crippen LogP contribution in [-0.4, -0.2) is 14.0 Å². The van der Waals surface area contributed by atoms with Crippen LogP contribution in [0, 0.1) is 52.3 Å². The first-order chi connectivity index (χ1) is 15.8. The first kappa shape index (κ1) is 26.5. The van der Waals surface area contributed by atoms with Gasteiger partial charge in [0.1, 0.15) is 0 Å². The molecule has 34 heavy (non-hydrogen) atoms. The number of allylic oxidation sites excluding steroid dienone is 2. The number of oxime groups is 1. The van der Waals surface area contributed by atoms with Crippen LogP contribution in [0.5, 0.6) is 0 Å². The molecule has 0 saturated heterocycles. The Hall–Kier alpha value is -0.573. The molecule has 3 saturated carbocycles. The summed E-state index contributed by atoms with van der Waals surface area (Å²) in [5, 5.41) is 4.62. The summed E-state index contributed by atoms with van der Waals surface area (Å²) in [4.78, 5) is 0. The molecular formula is C31H55NOSi. The van der Waals surface area contributed by atoms with Crippen LogP contribution in [0.1, 0.15) is 106 Å². The lowest BCUT2D eigenvalue weighted by molar-refractivity contribution is -0.0576. The van der Waals surface area contributed by atoms with Crippen LogP contribution in [0.15, 0.2) is 16.8 Å². The van der Waals surface area contributed by atoms with E-state index < -0.39 is 8.32 Å². The fraction of sp³-hybridized carbons (Fsp3) is 0.903. The van der Waals surface area contributed by atoms with E-state index in [0.717, 1.165) is 47.8 Å². The molecule has 0 aliphatic heterocycles. The molecule has 4 aliphatic rings. The fourth-order valence-corrected chi connectivity index (χ4v) is 9.27. The average molecular weight is 486 g/mol. The van der Waals surface area contributed by atoms with E-state index in [1.54, 1.807) is 5.57 Å². The first-order valence-electron chi connectivity index (χ1n) is 14.8. The molecule has 0 spiro atoms. The van der Waals surface area contributed by atoms with E-state index in [4.69, 9.17) is 4.53 Å². The minimum Gasteiger partial charge on any atom is -0.455 e. The Morgan fingerprint density at radius 3 is 2.35 bits per heavy atom. The average Bonchev–Trinajstić information content (AvgIpc) is 3.12. The third kappa shape index (κ3) is 4.98. The zero-order valence-corrected chi connectivity index (χ0v) is 25.0. The molecule has 0 bridgehead atoms. The van der Waals surface area contributed by atoms with E-state index in [9.17, 15) is 0 Å². The van der Waals surface area contributed by atoms with Gasteiger partial charge in [-0.3, -0.25) is 0 Å². The van der Waals surface area contributed by atoms with Gasteiger partial charge in [0.05, 0.1) is 5.71 Å². The molecule has 0 radical (unpaired) electrons. The molecule has 4 aliphatic carbocycles. The highest BCUT2D eigenvalue weighted by Gasteiger charge is 2.59. The van der Waals surface area contributed by atoms with Crippen LogP contribution in [-0.2, 0) is 4.53 Å². The number of nitrogens with zero attached hydrogens (tertiary/aromatic N) is 1. The summed E-state index contributed by atoms with van der Waals surface area (Å²) in [6.45, 7) is 21.9. The molecule has 0 N–H and O–H groups in total. The van der Waals surface area contributed by atoms with Gasteiger partial charge in [0.2, 0.25) is 0 Å². The van der Waals surface area contributed by atoms with Crippen molar-refractivity contribution in [1.82, 2.24) is 0 Å². The zero-order valence-electron chi connectivity index (χ0n) is 24.0. The quantitative estimate of drug-likeness (QED) is 0.260. The van der Waals surface area contributed by atoms with Crippen molar-refractivity contribution in [3.8, 4) is 0 Å². The lowest BCUT2D eigenvalue weighted by atomic mass is 9.46. The summed E-state index contributed by atoms with van der Waals surface area (Å²) in [7, 11) is -1.61. The first-order valence-corrected chi connectivity index (χ1v) is 18.2. The van der Waals surface area contributed by atoms with Gasteiger partial charge in [0, 0.05) is 0 Å². The van der Waals surface area contributed by atoms with Gasteiger partial charge in [-0.05, 0) is 129 Å². The minimum absolute atomic E-state index is 0.402. The molecule has 0 aromatic carbocycles. The maximum Gasteiger partial charge on any atom is 0.278 e. The molecule has 8 atom stereocenters. The van der Waals surface area contributed by atoms with Crippen LogP contribution in [0.3, 0.4) is 0 Å². The third-order valence-electron chi connectivity index (χ3n) is 11.4. The predicted octanol–water partition coefficient (Wildman–Crippen LogP) is 9.48. The van der Waals surface area contributed by atoms with Crippen LogP contribution in [0.4, 0.5) is 0 Å². The summed E-state index contributed by atoms with van der Waals surface area (Å²) in [5.41, 5.74) is 3.90. The van der Waals surface area contributed by atoms with E-state index >= 15 is 0 Å². The van der Waals surface area contributed by atoms with Crippen molar-refractivity contribution in [2.75, 3.05) is 0 Å². The van der Waals surface area contributed by atoms with Crippen molar-refractivity contribution >= 4 is 14.0 Å². The lowest BCUT2D eigenvalue weighted by Gasteiger charge is -2.58. The van der Waals surface area contributed by atoms with Crippen molar-refractivity contribution in [3.05, 3.63) is 11.6 Å². The van der Waals surface area contributed by atoms with Crippen LogP contribution in [0.2, 0.25) is 19.6 Å². The molecule has 0 aromatic heterocycles. The highest BCUT2D eigenvalue weighted by Crippen LogP contribution is 2.67. The van der Waals surface area contributed by atoms with Crippen LogP contribution < -0.4 is 0 Å². The molecule has 4 rings (SSSR count). The number of hydrogen-bond acceptors (Lipinski definition) is 2. The normalized spacial score (nSPS) is 40.9. The number of rotatable bonds is 7. The van der Waals surface area contributed by atoms with E-state index in [2.05, 4.69) is 72.4 Å². The highest BCUT2D eigenvalue weighted by atomic mass is 28.4. The Bertz CT molecular complexity index is 794. The molecule has 3 fully saturated rings. The summed E-state index contributed by atoms with van der Waals surface area (Å²) in [5.74, 6) is 6.33. The maximum atomic E-state index is 5.92. The third-order valence-corrected chi connectivity index (χ3v) is 12.0. The van der Waals surface area contributed by atoms with Gasteiger partial charge in [-0.15, -0.1) is 5.16 Å².